The van der Waals surface area contributed by atoms with E-state index >= 15 is 0 Å². The zero-order valence-corrected chi connectivity index (χ0v) is 5.39. The summed E-state index contributed by atoms with van der Waals surface area (Å²) in [7, 11) is 0. The summed E-state index contributed by atoms with van der Waals surface area (Å²) in [6, 6.07) is 5.50. The molecule has 10 heavy (non-hydrogen) atoms. The van der Waals surface area contributed by atoms with Crippen LogP contribution in [0, 0.1) is 16.7 Å². The number of nitrogens with one attached hydrogen (secondary N) is 2. The maximum absolute atomic E-state index is 8.23. The summed E-state index contributed by atoms with van der Waals surface area (Å²) < 4.78 is 0. The molecule has 0 bridgehead atoms. The van der Waals surface area contributed by atoms with E-state index < -0.39 is 0 Å². The molecule has 0 fully saturated rings. The molecule has 50 valence electrons. The van der Waals surface area contributed by atoms with Crippen molar-refractivity contribution >= 4 is 5.71 Å². The fraction of sp³-hybridized carbons (Fsp3) is 0.143. The van der Waals surface area contributed by atoms with Gasteiger partial charge < -0.3 is 10.4 Å². The lowest BCUT2D eigenvalue weighted by molar-refractivity contribution is 1.28. The van der Waals surface area contributed by atoms with Gasteiger partial charge in [-0.3, -0.25) is 0 Å². The molecule has 0 aliphatic heterocycles. The number of aromatic amines is 1. The molecule has 1 heterocycles. The van der Waals surface area contributed by atoms with Crippen molar-refractivity contribution in [3.8, 4) is 6.07 Å². The van der Waals surface area contributed by atoms with Gasteiger partial charge >= 0.3 is 0 Å². The zero-order chi connectivity index (χ0) is 7.40. The molecule has 0 saturated carbocycles. The summed E-state index contributed by atoms with van der Waals surface area (Å²) in [4.78, 5) is 2.85. The first-order valence-electron chi connectivity index (χ1n) is 2.92. The van der Waals surface area contributed by atoms with Crippen molar-refractivity contribution in [1.29, 1.82) is 10.7 Å². The molecular formula is C7H7N3. The highest BCUT2D eigenvalue weighted by molar-refractivity contribution is 5.97. The van der Waals surface area contributed by atoms with Crippen LogP contribution in [0.4, 0.5) is 0 Å². The number of hydrogen-bond acceptors (Lipinski definition) is 2. The molecule has 1 aromatic rings. The predicted octanol–water partition coefficient (Wildman–Crippen LogP) is 1.30. The Kier molecular flexibility index (Phi) is 1.86. The summed E-state index contributed by atoms with van der Waals surface area (Å²) in [5.41, 5.74) is 1.06. The molecule has 0 unspecified atom stereocenters. The smallest absolute Gasteiger partial charge is 0.0788 e. The Morgan fingerprint density at radius 3 is 3.10 bits per heavy atom. The average molecular weight is 133 g/mol. The molecule has 0 atom stereocenters. The summed E-state index contributed by atoms with van der Waals surface area (Å²) in [6.45, 7) is 0. The van der Waals surface area contributed by atoms with Crippen LogP contribution in [-0.4, -0.2) is 10.7 Å². The van der Waals surface area contributed by atoms with Crippen LogP contribution < -0.4 is 0 Å². The molecule has 0 saturated heterocycles. The minimum atomic E-state index is 0.167. The predicted molar refractivity (Wildman–Crippen MR) is 37.9 cm³/mol. The Bertz CT molecular complexity index is 253. The fourth-order valence-corrected chi connectivity index (χ4v) is 0.692. The Morgan fingerprint density at radius 1 is 1.80 bits per heavy atom. The number of H-pyrrole nitrogens is 1. The van der Waals surface area contributed by atoms with E-state index in [2.05, 4.69) is 4.98 Å². The van der Waals surface area contributed by atoms with Gasteiger partial charge in [0.25, 0.3) is 0 Å². The van der Waals surface area contributed by atoms with Crippen LogP contribution in [0.1, 0.15) is 12.1 Å². The van der Waals surface area contributed by atoms with Crippen LogP contribution in [0.25, 0.3) is 0 Å². The first kappa shape index (κ1) is 6.56. The van der Waals surface area contributed by atoms with Crippen LogP contribution in [0.15, 0.2) is 18.3 Å². The third kappa shape index (κ3) is 1.23. The Labute approximate surface area is 58.8 Å². The Balaban J connectivity index is 2.71. The van der Waals surface area contributed by atoms with E-state index in [9.17, 15) is 0 Å². The van der Waals surface area contributed by atoms with Crippen LogP contribution in [-0.2, 0) is 0 Å². The van der Waals surface area contributed by atoms with Gasteiger partial charge in [0.1, 0.15) is 0 Å². The van der Waals surface area contributed by atoms with E-state index in [1.807, 2.05) is 6.07 Å². The standard InChI is InChI=1S/C7H7N3/c8-4-3-6(9)7-2-1-5-10-7/h1-2,5,9-10H,3H2. The van der Waals surface area contributed by atoms with Crippen LogP contribution in [0.2, 0.25) is 0 Å². The summed E-state index contributed by atoms with van der Waals surface area (Å²) in [6.07, 6.45) is 1.90. The molecule has 1 rings (SSSR count). The van der Waals surface area contributed by atoms with Crippen LogP contribution >= 0.6 is 0 Å². The van der Waals surface area contributed by atoms with Gasteiger partial charge in [0.15, 0.2) is 0 Å². The number of nitrogens with zero attached hydrogens (tertiary/aromatic N) is 1. The maximum atomic E-state index is 8.23. The first-order valence-corrected chi connectivity index (χ1v) is 2.92. The van der Waals surface area contributed by atoms with E-state index in [1.54, 1.807) is 18.3 Å². The van der Waals surface area contributed by atoms with Crippen molar-refractivity contribution in [2.75, 3.05) is 0 Å². The van der Waals surface area contributed by atoms with Crippen LogP contribution in [0.5, 0.6) is 0 Å². The van der Waals surface area contributed by atoms with Crippen molar-refractivity contribution in [2.45, 2.75) is 6.42 Å². The molecule has 2 N–H and O–H groups in total. The first-order chi connectivity index (χ1) is 4.84. The van der Waals surface area contributed by atoms with Gasteiger partial charge in [0.05, 0.1) is 23.9 Å². The summed E-state index contributed by atoms with van der Waals surface area (Å²) >= 11 is 0. The minimum absolute atomic E-state index is 0.167. The largest absolute Gasteiger partial charge is 0.360 e. The number of aromatic nitrogens is 1. The van der Waals surface area contributed by atoms with Gasteiger partial charge in [-0.05, 0) is 12.1 Å². The van der Waals surface area contributed by atoms with Crippen molar-refractivity contribution in [3.05, 3.63) is 24.0 Å². The lowest BCUT2D eigenvalue weighted by Gasteiger charge is -1.91. The third-order valence-corrected chi connectivity index (χ3v) is 1.18. The van der Waals surface area contributed by atoms with Crippen molar-refractivity contribution < 1.29 is 0 Å². The second-order valence-electron chi connectivity index (χ2n) is 1.90. The monoisotopic (exact) mass is 133 g/mol. The van der Waals surface area contributed by atoms with Gasteiger partial charge in [0, 0.05) is 6.20 Å². The highest BCUT2D eigenvalue weighted by Crippen LogP contribution is 1.97. The lowest BCUT2D eigenvalue weighted by Crippen LogP contribution is -1.96. The van der Waals surface area contributed by atoms with Gasteiger partial charge in [-0.25, -0.2) is 0 Å². The Morgan fingerprint density at radius 2 is 2.60 bits per heavy atom. The van der Waals surface area contributed by atoms with E-state index in [0.717, 1.165) is 5.69 Å². The molecule has 3 heteroatoms. The highest BCUT2D eigenvalue weighted by atomic mass is 14.7. The molecule has 0 amide bonds. The Hall–Kier alpha value is -1.56. The summed E-state index contributed by atoms with van der Waals surface area (Å²) in [5, 5.41) is 15.5. The quantitative estimate of drug-likeness (QED) is 0.587. The van der Waals surface area contributed by atoms with Crippen molar-refractivity contribution in [2.24, 2.45) is 0 Å². The lowest BCUT2D eigenvalue weighted by atomic mass is 10.2. The van der Waals surface area contributed by atoms with E-state index in [4.69, 9.17) is 10.7 Å². The molecule has 1 aromatic heterocycles. The molecule has 0 aliphatic rings. The van der Waals surface area contributed by atoms with E-state index in [-0.39, 0.29) is 6.42 Å². The second-order valence-corrected chi connectivity index (χ2v) is 1.90. The fourth-order valence-electron chi connectivity index (χ4n) is 0.692. The molecule has 0 spiro atoms. The second kappa shape index (κ2) is 2.83. The van der Waals surface area contributed by atoms with Crippen molar-refractivity contribution in [1.82, 2.24) is 4.98 Å². The minimum Gasteiger partial charge on any atom is -0.360 e. The number of hydrogen-bond donors (Lipinski definition) is 2. The van der Waals surface area contributed by atoms with E-state index in [1.165, 1.54) is 0 Å². The van der Waals surface area contributed by atoms with Gasteiger partial charge in [-0.2, -0.15) is 5.26 Å². The molecule has 3 nitrogen and oxygen atoms in total. The topological polar surface area (TPSA) is 63.4 Å². The zero-order valence-electron chi connectivity index (χ0n) is 5.39. The molecule has 0 radical (unpaired) electrons. The van der Waals surface area contributed by atoms with Crippen LogP contribution in [0.3, 0.4) is 0 Å². The summed E-state index contributed by atoms with van der Waals surface area (Å²) in [5.74, 6) is 0. The SMILES string of the molecule is N#CCC(=N)c1ccc[nH]1. The molecule has 0 aliphatic carbocycles. The number of nitriles is 1. The maximum Gasteiger partial charge on any atom is 0.0788 e. The van der Waals surface area contributed by atoms with Crippen molar-refractivity contribution in [3.63, 3.8) is 0 Å². The van der Waals surface area contributed by atoms with Gasteiger partial charge in [-0.15, -0.1) is 0 Å². The molecule has 0 aromatic carbocycles. The highest BCUT2D eigenvalue weighted by Gasteiger charge is 1.98. The van der Waals surface area contributed by atoms with Gasteiger partial charge in [0.2, 0.25) is 0 Å². The average Bonchev–Trinajstić information content (AvgIpc) is 2.38. The molecular weight excluding hydrogens is 126 g/mol. The van der Waals surface area contributed by atoms with E-state index in [0.29, 0.717) is 5.71 Å². The third-order valence-electron chi connectivity index (χ3n) is 1.18. The number of rotatable bonds is 2. The normalized spacial score (nSPS) is 8.70. The van der Waals surface area contributed by atoms with Gasteiger partial charge in [-0.1, -0.05) is 0 Å².